The molecule has 6 nitrogen and oxygen atoms in total. The molecular formula is C15H17N3O3. The number of aliphatic hydroxyl groups excluding tert-OH is 1. The van der Waals surface area contributed by atoms with Crippen molar-refractivity contribution >= 4 is 22.3 Å². The number of rotatable bonds is 3. The highest BCUT2D eigenvalue weighted by molar-refractivity contribution is 5.96. The number of hydrogen-bond acceptors (Lipinski definition) is 5. The Morgan fingerprint density at radius 2 is 2.00 bits per heavy atom. The molecule has 2 aromatic rings. The van der Waals surface area contributed by atoms with Crippen molar-refractivity contribution in [3.63, 3.8) is 0 Å². The van der Waals surface area contributed by atoms with Crippen LogP contribution in [0.5, 0.6) is 0 Å². The van der Waals surface area contributed by atoms with E-state index in [0.717, 1.165) is 36.8 Å². The summed E-state index contributed by atoms with van der Waals surface area (Å²) in [4.78, 5) is 14.8. The van der Waals surface area contributed by atoms with Gasteiger partial charge in [-0.25, -0.2) is 4.98 Å². The van der Waals surface area contributed by atoms with Gasteiger partial charge in [-0.2, -0.15) is 0 Å². The lowest BCUT2D eigenvalue weighted by Crippen LogP contribution is -2.28. The molecule has 1 fully saturated rings. The quantitative estimate of drug-likeness (QED) is 0.669. The smallest absolute Gasteiger partial charge is 0.295 e. The van der Waals surface area contributed by atoms with Crippen molar-refractivity contribution in [2.24, 2.45) is 0 Å². The summed E-state index contributed by atoms with van der Waals surface area (Å²) in [6.45, 7) is 0. The van der Waals surface area contributed by atoms with E-state index in [0.29, 0.717) is 11.6 Å². The number of aromatic nitrogens is 1. The number of benzene rings is 1. The van der Waals surface area contributed by atoms with E-state index in [1.165, 1.54) is 6.07 Å². The third-order valence-electron chi connectivity index (χ3n) is 4.00. The SMILES string of the molecule is O=[N+]([O-])c1cccc2c(NC3CCC(O)CC3)ccnc12. The highest BCUT2D eigenvalue weighted by atomic mass is 16.6. The van der Waals surface area contributed by atoms with Crippen LogP contribution in [-0.2, 0) is 0 Å². The fraction of sp³-hybridized carbons (Fsp3) is 0.400. The minimum atomic E-state index is -0.407. The number of fused-ring (bicyclic) bond motifs is 1. The van der Waals surface area contributed by atoms with Gasteiger partial charge in [0.2, 0.25) is 0 Å². The van der Waals surface area contributed by atoms with Crippen LogP contribution in [0.3, 0.4) is 0 Å². The largest absolute Gasteiger partial charge is 0.393 e. The van der Waals surface area contributed by atoms with Crippen molar-refractivity contribution in [3.05, 3.63) is 40.6 Å². The van der Waals surface area contributed by atoms with Crippen LogP contribution in [0.15, 0.2) is 30.5 Å². The Morgan fingerprint density at radius 3 is 2.71 bits per heavy atom. The van der Waals surface area contributed by atoms with E-state index in [1.54, 1.807) is 12.3 Å². The Morgan fingerprint density at radius 1 is 1.24 bits per heavy atom. The standard InChI is InChI=1S/C15H17N3O3/c19-11-6-4-10(5-7-11)17-13-8-9-16-15-12(13)2-1-3-14(15)18(20)21/h1-3,8-11,19H,4-7H2,(H,16,17). The van der Waals surface area contributed by atoms with E-state index in [9.17, 15) is 15.2 Å². The molecule has 21 heavy (non-hydrogen) atoms. The van der Waals surface area contributed by atoms with E-state index >= 15 is 0 Å². The van der Waals surface area contributed by atoms with Crippen LogP contribution in [0, 0.1) is 10.1 Å². The molecule has 0 spiro atoms. The Bertz CT molecular complexity index is 666. The van der Waals surface area contributed by atoms with Crippen LogP contribution in [-0.4, -0.2) is 27.2 Å². The van der Waals surface area contributed by atoms with Gasteiger partial charge in [-0.3, -0.25) is 10.1 Å². The maximum Gasteiger partial charge on any atom is 0.295 e. The van der Waals surface area contributed by atoms with Crippen LogP contribution in [0.25, 0.3) is 10.9 Å². The van der Waals surface area contributed by atoms with Crippen LogP contribution in [0.1, 0.15) is 25.7 Å². The van der Waals surface area contributed by atoms with Crippen molar-refractivity contribution in [1.29, 1.82) is 0 Å². The second kappa shape index (κ2) is 5.65. The topological polar surface area (TPSA) is 88.3 Å². The third kappa shape index (κ3) is 2.80. The summed E-state index contributed by atoms with van der Waals surface area (Å²) < 4.78 is 0. The molecule has 1 saturated carbocycles. The van der Waals surface area contributed by atoms with Crippen molar-refractivity contribution in [2.45, 2.75) is 37.8 Å². The summed E-state index contributed by atoms with van der Waals surface area (Å²) in [7, 11) is 0. The molecule has 0 radical (unpaired) electrons. The van der Waals surface area contributed by atoms with Gasteiger partial charge < -0.3 is 10.4 Å². The van der Waals surface area contributed by atoms with Gasteiger partial charge in [-0.15, -0.1) is 0 Å². The Balaban J connectivity index is 1.92. The molecule has 0 bridgehead atoms. The first-order valence-electron chi connectivity index (χ1n) is 7.12. The lowest BCUT2D eigenvalue weighted by Gasteiger charge is -2.27. The van der Waals surface area contributed by atoms with Crippen LogP contribution >= 0.6 is 0 Å². The number of pyridine rings is 1. The second-order valence-corrected chi connectivity index (χ2v) is 5.44. The molecule has 110 valence electrons. The maximum absolute atomic E-state index is 11.1. The molecule has 1 heterocycles. The maximum atomic E-state index is 11.1. The van der Waals surface area contributed by atoms with Gasteiger partial charge in [0, 0.05) is 29.4 Å². The summed E-state index contributed by atoms with van der Waals surface area (Å²) >= 11 is 0. The molecule has 0 saturated heterocycles. The van der Waals surface area contributed by atoms with Crippen LogP contribution < -0.4 is 5.32 Å². The normalized spacial score (nSPS) is 22.1. The molecule has 0 atom stereocenters. The van der Waals surface area contributed by atoms with Crippen LogP contribution in [0.2, 0.25) is 0 Å². The first-order chi connectivity index (χ1) is 10.1. The third-order valence-corrected chi connectivity index (χ3v) is 4.00. The number of para-hydroxylation sites is 1. The Labute approximate surface area is 122 Å². The van der Waals surface area contributed by atoms with Crippen molar-refractivity contribution in [3.8, 4) is 0 Å². The summed E-state index contributed by atoms with van der Waals surface area (Å²) in [6, 6.07) is 7.12. The highest BCUT2D eigenvalue weighted by Gasteiger charge is 2.20. The van der Waals surface area contributed by atoms with Gasteiger partial charge in [-0.1, -0.05) is 12.1 Å². The molecule has 0 unspecified atom stereocenters. The van der Waals surface area contributed by atoms with E-state index in [1.807, 2.05) is 12.1 Å². The van der Waals surface area contributed by atoms with Crippen LogP contribution in [0.4, 0.5) is 11.4 Å². The Hall–Kier alpha value is -2.21. The van der Waals surface area contributed by atoms with E-state index < -0.39 is 4.92 Å². The second-order valence-electron chi connectivity index (χ2n) is 5.44. The number of nitrogens with one attached hydrogen (secondary N) is 1. The lowest BCUT2D eigenvalue weighted by atomic mass is 9.93. The van der Waals surface area contributed by atoms with Gasteiger partial charge in [0.15, 0.2) is 0 Å². The minimum absolute atomic E-state index is 0.0233. The average molecular weight is 287 g/mol. The van der Waals surface area contributed by atoms with Gasteiger partial charge in [0.25, 0.3) is 5.69 Å². The van der Waals surface area contributed by atoms with Crippen molar-refractivity contribution < 1.29 is 10.0 Å². The number of aliphatic hydroxyl groups is 1. The number of nitro groups is 1. The van der Waals surface area contributed by atoms with E-state index in [4.69, 9.17) is 0 Å². The molecule has 6 heteroatoms. The monoisotopic (exact) mass is 287 g/mol. The number of nitrogens with zero attached hydrogens (tertiary/aromatic N) is 2. The zero-order chi connectivity index (χ0) is 14.8. The molecule has 1 aromatic heterocycles. The van der Waals surface area contributed by atoms with Gasteiger partial charge in [0.05, 0.1) is 11.0 Å². The molecule has 1 aliphatic rings. The predicted molar refractivity (Wildman–Crippen MR) is 80.3 cm³/mol. The van der Waals surface area contributed by atoms with Gasteiger partial charge >= 0.3 is 0 Å². The molecule has 0 amide bonds. The fourth-order valence-electron chi connectivity index (χ4n) is 2.87. The Kier molecular flexibility index (Phi) is 3.70. The van der Waals surface area contributed by atoms with Gasteiger partial charge in [0.1, 0.15) is 5.52 Å². The number of non-ortho nitro benzene ring substituents is 1. The minimum Gasteiger partial charge on any atom is -0.393 e. The van der Waals surface area contributed by atoms with Crippen molar-refractivity contribution in [2.75, 3.05) is 5.32 Å². The molecule has 1 aromatic carbocycles. The van der Waals surface area contributed by atoms with Gasteiger partial charge in [-0.05, 0) is 31.7 Å². The number of nitro benzene ring substituents is 1. The molecule has 0 aliphatic heterocycles. The summed E-state index contributed by atoms with van der Waals surface area (Å²) in [5, 5.41) is 24.8. The van der Waals surface area contributed by atoms with Crippen molar-refractivity contribution in [1.82, 2.24) is 4.98 Å². The lowest BCUT2D eigenvalue weighted by molar-refractivity contribution is -0.383. The number of anilines is 1. The fourth-order valence-corrected chi connectivity index (χ4v) is 2.87. The summed E-state index contributed by atoms with van der Waals surface area (Å²) in [5.41, 5.74) is 1.30. The first kappa shape index (κ1) is 13.8. The molecular weight excluding hydrogens is 270 g/mol. The molecule has 3 rings (SSSR count). The number of hydrogen-bond donors (Lipinski definition) is 2. The summed E-state index contributed by atoms with van der Waals surface area (Å²) in [6.07, 6.45) is 4.79. The summed E-state index contributed by atoms with van der Waals surface area (Å²) in [5.74, 6) is 0. The van der Waals surface area contributed by atoms with E-state index in [2.05, 4.69) is 10.3 Å². The molecule has 2 N–H and O–H groups in total. The van der Waals surface area contributed by atoms with E-state index in [-0.39, 0.29) is 11.8 Å². The zero-order valence-corrected chi connectivity index (χ0v) is 11.5. The molecule has 1 aliphatic carbocycles. The first-order valence-corrected chi connectivity index (χ1v) is 7.12. The highest BCUT2D eigenvalue weighted by Crippen LogP contribution is 2.30. The zero-order valence-electron chi connectivity index (χ0n) is 11.5. The average Bonchev–Trinajstić information content (AvgIpc) is 2.49. The predicted octanol–water partition coefficient (Wildman–Crippen LogP) is 2.86.